The third-order valence-corrected chi connectivity index (χ3v) is 4.80. The molecule has 0 amide bonds. The Morgan fingerprint density at radius 3 is 2.67 bits per heavy atom. The second-order valence-corrected chi connectivity index (χ2v) is 7.23. The predicted octanol–water partition coefficient (Wildman–Crippen LogP) is 3.21. The lowest BCUT2D eigenvalue weighted by Crippen LogP contribution is -2.46. The van der Waals surface area contributed by atoms with Crippen LogP contribution in [0.15, 0.2) is 11.6 Å². The van der Waals surface area contributed by atoms with Crippen molar-refractivity contribution in [1.82, 2.24) is 10.2 Å². The predicted molar refractivity (Wildman–Crippen MR) is 89.7 cm³/mol. The molecule has 0 spiro atoms. The highest BCUT2D eigenvalue weighted by Crippen LogP contribution is 2.18. The quantitative estimate of drug-likeness (QED) is 0.730. The van der Waals surface area contributed by atoms with Crippen LogP contribution >= 0.6 is 0 Å². The molecule has 0 unspecified atom stereocenters. The topological polar surface area (TPSA) is 24.5 Å². The molecule has 0 radical (unpaired) electrons. The van der Waals surface area contributed by atoms with Crippen molar-refractivity contribution < 1.29 is 4.74 Å². The van der Waals surface area contributed by atoms with Gasteiger partial charge in [-0.3, -0.25) is 0 Å². The van der Waals surface area contributed by atoms with Crippen LogP contribution in [-0.4, -0.2) is 49.8 Å². The minimum absolute atomic E-state index is 0.639. The molecule has 122 valence electrons. The van der Waals surface area contributed by atoms with Gasteiger partial charge in [-0.25, -0.2) is 0 Å². The Morgan fingerprint density at radius 2 is 2.05 bits per heavy atom. The Hall–Kier alpha value is -0.380. The lowest BCUT2D eigenvalue weighted by atomic mass is 10.0. The summed E-state index contributed by atoms with van der Waals surface area (Å²) in [4.78, 5) is 2.64. The number of nitrogens with zero attached hydrogens (tertiary/aromatic N) is 1. The molecule has 0 aromatic rings. The second kappa shape index (κ2) is 8.92. The minimum Gasteiger partial charge on any atom is -0.381 e. The van der Waals surface area contributed by atoms with E-state index in [4.69, 9.17) is 4.74 Å². The van der Waals surface area contributed by atoms with Crippen molar-refractivity contribution in [2.24, 2.45) is 5.92 Å². The number of hydrogen-bond donors (Lipinski definition) is 1. The molecular formula is C18H34N2O. The van der Waals surface area contributed by atoms with E-state index in [2.05, 4.69) is 37.1 Å². The van der Waals surface area contributed by atoms with Gasteiger partial charge >= 0.3 is 0 Å². The zero-order valence-corrected chi connectivity index (χ0v) is 14.2. The molecule has 21 heavy (non-hydrogen) atoms. The second-order valence-electron chi connectivity index (χ2n) is 7.23. The van der Waals surface area contributed by atoms with Crippen LogP contribution in [0.2, 0.25) is 0 Å². The third kappa shape index (κ3) is 6.50. The molecule has 0 aromatic heterocycles. The Kier molecular flexibility index (Phi) is 7.21. The molecule has 2 aliphatic rings. The summed E-state index contributed by atoms with van der Waals surface area (Å²) >= 11 is 0. The molecule has 0 aromatic carbocycles. The normalized spacial score (nSPS) is 26.0. The molecule has 1 N–H and O–H groups in total. The van der Waals surface area contributed by atoms with Crippen molar-refractivity contribution in [3.8, 4) is 0 Å². The Bertz CT molecular complexity index is 311. The highest BCUT2D eigenvalue weighted by molar-refractivity contribution is 4.93. The largest absolute Gasteiger partial charge is 0.381 e. The maximum absolute atomic E-state index is 5.48. The van der Waals surface area contributed by atoms with Crippen molar-refractivity contribution in [3.05, 3.63) is 11.6 Å². The van der Waals surface area contributed by atoms with Crippen molar-refractivity contribution in [3.63, 3.8) is 0 Å². The highest BCUT2D eigenvalue weighted by Gasteiger charge is 2.24. The zero-order chi connectivity index (χ0) is 15.1. The van der Waals surface area contributed by atoms with Crippen molar-refractivity contribution in [1.29, 1.82) is 0 Å². The highest BCUT2D eigenvalue weighted by atomic mass is 16.5. The van der Waals surface area contributed by atoms with Crippen LogP contribution in [0.5, 0.6) is 0 Å². The van der Waals surface area contributed by atoms with E-state index in [0.29, 0.717) is 6.04 Å². The first-order chi connectivity index (χ1) is 10.1. The number of likely N-dealkylation sites (tertiary alicyclic amines) is 1. The van der Waals surface area contributed by atoms with Gasteiger partial charge in [0.25, 0.3) is 0 Å². The average Bonchev–Trinajstić information content (AvgIpc) is 2.93. The van der Waals surface area contributed by atoms with Crippen LogP contribution in [0.4, 0.5) is 0 Å². The Balaban J connectivity index is 1.58. The first-order valence-corrected chi connectivity index (χ1v) is 8.83. The van der Waals surface area contributed by atoms with Crippen LogP contribution in [-0.2, 0) is 4.74 Å². The van der Waals surface area contributed by atoms with Gasteiger partial charge in [0, 0.05) is 25.2 Å². The van der Waals surface area contributed by atoms with Crippen LogP contribution < -0.4 is 5.32 Å². The molecule has 0 bridgehead atoms. The van der Waals surface area contributed by atoms with Gasteiger partial charge in [-0.1, -0.05) is 11.6 Å². The fraction of sp³-hybridized carbons (Fsp3) is 0.889. The summed E-state index contributed by atoms with van der Waals surface area (Å²) in [6, 6.07) is 1.36. The maximum atomic E-state index is 5.48. The lowest BCUT2D eigenvalue weighted by Gasteiger charge is -2.35. The van der Waals surface area contributed by atoms with Gasteiger partial charge in [-0.2, -0.15) is 0 Å². The van der Waals surface area contributed by atoms with Crippen LogP contribution in [0, 0.1) is 5.92 Å². The van der Waals surface area contributed by atoms with Gasteiger partial charge in [-0.05, 0) is 71.9 Å². The first-order valence-electron chi connectivity index (χ1n) is 8.83. The number of piperidine rings is 1. The van der Waals surface area contributed by atoms with E-state index in [1.807, 2.05) is 0 Å². The monoisotopic (exact) mass is 294 g/mol. The molecule has 2 saturated heterocycles. The Labute approximate surface area is 131 Å². The van der Waals surface area contributed by atoms with Crippen molar-refractivity contribution >= 4 is 0 Å². The van der Waals surface area contributed by atoms with Gasteiger partial charge in [0.05, 0.1) is 6.61 Å². The molecule has 2 heterocycles. The standard InChI is InChI=1S/C18H34N2O/c1-15(2)5-4-6-16(3)19-18-7-10-20(11-8-18)13-17-9-12-21-14-17/h5,16-19H,4,6-14H2,1-3H3/t16-,17+/m0/s1. The fourth-order valence-corrected chi connectivity index (χ4v) is 3.48. The van der Waals surface area contributed by atoms with E-state index in [1.165, 1.54) is 57.3 Å². The molecular weight excluding hydrogens is 260 g/mol. The van der Waals surface area contributed by atoms with E-state index in [1.54, 1.807) is 0 Å². The number of allylic oxidation sites excluding steroid dienone is 2. The van der Waals surface area contributed by atoms with E-state index in [9.17, 15) is 0 Å². The van der Waals surface area contributed by atoms with E-state index < -0.39 is 0 Å². The van der Waals surface area contributed by atoms with E-state index in [-0.39, 0.29) is 0 Å². The summed E-state index contributed by atoms with van der Waals surface area (Å²) in [7, 11) is 0. The fourth-order valence-electron chi connectivity index (χ4n) is 3.48. The number of nitrogens with one attached hydrogen (secondary N) is 1. The summed E-state index contributed by atoms with van der Waals surface area (Å²) < 4.78 is 5.48. The molecule has 0 aliphatic carbocycles. The summed E-state index contributed by atoms with van der Waals surface area (Å²) in [6.45, 7) is 12.4. The SMILES string of the molecule is CC(C)=CCC[C@H](C)NC1CCN(C[C@H]2CCOC2)CC1. The summed E-state index contributed by atoms with van der Waals surface area (Å²) in [6.07, 6.45) is 8.69. The molecule has 2 rings (SSSR count). The third-order valence-electron chi connectivity index (χ3n) is 4.80. The summed E-state index contributed by atoms with van der Waals surface area (Å²) in [5.41, 5.74) is 1.44. The number of rotatable bonds is 7. The smallest absolute Gasteiger partial charge is 0.0507 e. The lowest BCUT2D eigenvalue weighted by molar-refractivity contribution is 0.145. The number of hydrogen-bond acceptors (Lipinski definition) is 3. The van der Waals surface area contributed by atoms with Crippen LogP contribution in [0.25, 0.3) is 0 Å². The Morgan fingerprint density at radius 1 is 1.29 bits per heavy atom. The van der Waals surface area contributed by atoms with Crippen molar-refractivity contribution in [2.45, 2.75) is 65.0 Å². The van der Waals surface area contributed by atoms with Gasteiger partial charge in [-0.15, -0.1) is 0 Å². The van der Waals surface area contributed by atoms with Crippen molar-refractivity contribution in [2.75, 3.05) is 32.8 Å². The molecule has 2 fully saturated rings. The summed E-state index contributed by atoms with van der Waals surface area (Å²) in [5.74, 6) is 0.789. The van der Waals surface area contributed by atoms with Gasteiger partial charge < -0.3 is 15.0 Å². The average molecular weight is 294 g/mol. The summed E-state index contributed by atoms with van der Waals surface area (Å²) in [5, 5.41) is 3.83. The molecule has 3 nitrogen and oxygen atoms in total. The van der Waals surface area contributed by atoms with E-state index >= 15 is 0 Å². The van der Waals surface area contributed by atoms with Crippen LogP contribution in [0.3, 0.4) is 0 Å². The van der Waals surface area contributed by atoms with Gasteiger partial charge in [0.2, 0.25) is 0 Å². The zero-order valence-electron chi connectivity index (χ0n) is 14.2. The van der Waals surface area contributed by atoms with E-state index in [0.717, 1.165) is 25.2 Å². The van der Waals surface area contributed by atoms with Crippen LogP contribution in [0.1, 0.15) is 52.9 Å². The van der Waals surface area contributed by atoms with Gasteiger partial charge in [0.15, 0.2) is 0 Å². The molecule has 3 heteroatoms. The molecule has 0 saturated carbocycles. The van der Waals surface area contributed by atoms with Gasteiger partial charge in [0.1, 0.15) is 0 Å². The minimum atomic E-state index is 0.639. The molecule has 2 aliphatic heterocycles. The molecule has 2 atom stereocenters. The maximum Gasteiger partial charge on any atom is 0.0507 e. The first kappa shape index (κ1) is 17.0. The number of ether oxygens (including phenoxy) is 1.